The van der Waals surface area contributed by atoms with E-state index < -0.39 is 16.0 Å². The number of carboxylic acids is 1. The van der Waals surface area contributed by atoms with Crippen molar-refractivity contribution >= 4 is 31.9 Å². The lowest BCUT2D eigenvalue weighted by Gasteiger charge is -2.18. The molecule has 1 aromatic carbocycles. The number of halogens is 1. The average molecular weight is 350 g/mol. The predicted octanol–water partition coefficient (Wildman–Crippen LogP) is 2.16. The van der Waals surface area contributed by atoms with Crippen molar-refractivity contribution in [3.63, 3.8) is 0 Å². The minimum atomic E-state index is -3.66. The largest absolute Gasteiger partial charge is 0.481 e. The van der Waals surface area contributed by atoms with E-state index in [1.165, 1.54) is 7.05 Å². The fourth-order valence-corrected chi connectivity index (χ4v) is 3.49. The Bertz CT molecular complexity index is 598. The first kappa shape index (κ1) is 16.1. The van der Waals surface area contributed by atoms with E-state index in [0.717, 1.165) is 14.3 Å². The summed E-state index contributed by atoms with van der Waals surface area (Å²) >= 11 is 3.35. The van der Waals surface area contributed by atoms with Crippen molar-refractivity contribution in [1.29, 1.82) is 0 Å². The quantitative estimate of drug-likeness (QED) is 0.883. The molecule has 0 fully saturated rings. The van der Waals surface area contributed by atoms with Gasteiger partial charge in [-0.1, -0.05) is 15.9 Å². The van der Waals surface area contributed by atoms with E-state index in [1.807, 2.05) is 0 Å². The molecule has 0 bridgehead atoms. The Labute approximate surface area is 121 Å². The molecule has 0 saturated heterocycles. The molecule has 1 N–H and O–H groups in total. The van der Waals surface area contributed by atoms with Crippen LogP contribution in [-0.2, 0) is 14.8 Å². The van der Waals surface area contributed by atoms with Crippen molar-refractivity contribution in [3.05, 3.63) is 27.7 Å². The van der Waals surface area contributed by atoms with Crippen LogP contribution in [0.15, 0.2) is 21.5 Å². The van der Waals surface area contributed by atoms with Crippen LogP contribution in [-0.4, -0.2) is 37.4 Å². The second kappa shape index (κ2) is 6.02. The van der Waals surface area contributed by atoms with Gasteiger partial charge in [-0.2, -0.15) is 0 Å². The zero-order valence-corrected chi connectivity index (χ0v) is 13.4. The summed E-state index contributed by atoms with van der Waals surface area (Å²) in [5.74, 6) is -1.02. The second-order valence-corrected chi connectivity index (χ2v) is 7.20. The van der Waals surface area contributed by atoms with Crippen molar-refractivity contribution in [2.24, 2.45) is 0 Å². The number of aryl methyl sites for hydroxylation is 2. The van der Waals surface area contributed by atoms with Crippen molar-refractivity contribution in [2.45, 2.75) is 25.2 Å². The highest BCUT2D eigenvalue weighted by Gasteiger charge is 2.23. The summed E-state index contributed by atoms with van der Waals surface area (Å²) in [5, 5.41) is 8.61. The zero-order valence-electron chi connectivity index (χ0n) is 11.0. The first-order valence-electron chi connectivity index (χ1n) is 5.61. The fraction of sp³-hybridized carbons (Fsp3) is 0.417. The molecule has 0 aliphatic heterocycles. The van der Waals surface area contributed by atoms with Crippen LogP contribution in [0.5, 0.6) is 0 Å². The predicted molar refractivity (Wildman–Crippen MR) is 75.7 cm³/mol. The van der Waals surface area contributed by atoms with Crippen LogP contribution in [0, 0.1) is 13.8 Å². The maximum absolute atomic E-state index is 12.3. The summed E-state index contributed by atoms with van der Waals surface area (Å²) in [6.45, 7) is 3.47. The smallest absolute Gasteiger partial charge is 0.304 e. The molecule has 7 heteroatoms. The van der Waals surface area contributed by atoms with Crippen molar-refractivity contribution in [3.8, 4) is 0 Å². The van der Waals surface area contributed by atoms with Gasteiger partial charge in [-0.15, -0.1) is 0 Å². The molecule has 19 heavy (non-hydrogen) atoms. The molecule has 0 aliphatic rings. The number of aliphatic carboxylic acids is 1. The number of nitrogens with zero attached hydrogens (tertiary/aromatic N) is 1. The lowest BCUT2D eigenvalue weighted by Crippen LogP contribution is -2.29. The van der Waals surface area contributed by atoms with Gasteiger partial charge in [0.2, 0.25) is 10.0 Å². The first-order valence-corrected chi connectivity index (χ1v) is 7.84. The van der Waals surface area contributed by atoms with Crippen LogP contribution >= 0.6 is 15.9 Å². The Morgan fingerprint density at radius 1 is 1.32 bits per heavy atom. The van der Waals surface area contributed by atoms with E-state index in [1.54, 1.807) is 26.0 Å². The summed E-state index contributed by atoms with van der Waals surface area (Å²) in [4.78, 5) is 10.7. The summed E-state index contributed by atoms with van der Waals surface area (Å²) in [6.07, 6.45) is -0.218. The minimum absolute atomic E-state index is 0.0494. The van der Waals surface area contributed by atoms with Crippen LogP contribution in [0.2, 0.25) is 0 Å². The van der Waals surface area contributed by atoms with E-state index >= 15 is 0 Å². The molecule has 0 unspecified atom stereocenters. The molecule has 106 valence electrons. The molecule has 0 aromatic heterocycles. The molecule has 5 nitrogen and oxygen atoms in total. The molecule has 0 saturated carbocycles. The third-order valence-corrected chi connectivity index (χ3v) is 5.64. The van der Waals surface area contributed by atoms with Crippen molar-refractivity contribution in [1.82, 2.24) is 4.31 Å². The van der Waals surface area contributed by atoms with Crippen LogP contribution < -0.4 is 0 Å². The fourth-order valence-electron chi connectivity index (χ4n) is 1.57. The third kappa shape index (κ3) is 3.77. The number of carbonyl (C=O) groups is 1. The van der Waals surface area contributed by atoms with E-state index in [2.05, 4.69) is 15.9 Å². The van der Waals surface area contributed by atoms with Gasteiger partial charge < -0.3 is 5.11 Å². The number of sulfonamides is 1. The summed E-state index contributed by atoms with van der Waals surface area (Å²) < 4.78 is 26.6. The van der Waals surface area contributed by atoms with Gasteiger partial charge in [0.25, 0.3) is 0 Å². The molecule has 0 heterocycles. The van der Waals surface area contributed by atoms with Gasteiger partial charge in [0.1, 0.15) is 0 Å². The van der Waals surface area contributed by atoms with Gasteiger partial charge in [-0.05, 0) is 37.1 Å². The third-order valence-electron chi connectivity index (χ3n) is 2.78. The molecule has 1 aromatic rings. The maximum Gasteiger partial charge on any atom is 0.304 e. The van der Waals surface area contributed by atoms with Crippen molar-refractivity contribution in [2.75, 3.05) is 13.6 Å². The highest BCUT2D eigenvalue weighted by atomic mass is 79.9. The monoisotopic (exact) mass is 349 g/mol. The highest BCUT2D eigenvalue weighted by molar-refractivity contribution is 9.10. The van der Waals surface area contributed by atoms with E-state index in [9.17, 15) is 13.2 Å². The minimum Gasteiger partial charge on any atom is -0.481 e. The average Bonchev–Trinajstić information content (AvgIpc) is 2.30. The SMILES string of the molecule is Cc1cc(S(=O)(=O)N(C)CCC(=O)O)c(C)cc1Br. The molecular formula is C12H16BrNO4S. The molecule has 0 aliphatic carbocycles. The van der Waals surface area contributed by atoms with Gasteiger partial charge in [0.05, 0.1) is 11.3 Å². The Balaban J connectivity index is 3.13. The maximum atomic E-state index is 12.3. The molecular weight excluding hydrogens is 334 g/mol. The normalized spacial score (nSPS) is 11.8. The van der Waals surface area contributed by atoms with Gasteiger partial charge >= 0.3 is 5.97 Å². The Morgan fingerprint density at radius 3 is 2.42 bits per heavy atom. The van der Waals surface area contributed by atoms with E-state index in [0.29, 0.717) is 5.56 Å². The van der Waals surface area contributed by atoms with Gasteiger partial charge in [-0.25, -0.2) is 12.7 Å². The van der Waals surface area contributed by atoms with Crippen LogP contribution in [0.3, 0.4) is 0 Å². The number of hydrogen-bond acceptors (Lipinski definition) is 3. The summed E-state index contributed by atoms with van der Waals surface area (Å²) in [5.41, 5.74) is 1.44. The summed E-state index contributed by atoms with van der Waals surface area (Å²) in [7, 11) is -2.27. The molecule has 0 atom stereocenters. The van der Waals surface area contributed by atoms with Gasteiger partial charge in [0.15, 0.2) is 0 Å². The first-order chi connectivity index (χ1) is 8.66. The van der Waals surface area contributed by atoms with Gasteiger partial charge in [-0.3, -0.25) is 4.79 Å². The van der Waals surface area contributed by atoms with Crippen molar-refractivity contribution < 1.29 is 18.3 Å². The zero-order chi connectivity index (χ0) is 14.8. The Hall–Kier alpha value is -0.920. The molecule has 1 rings (SSSR count). The van der Waals surface area contributed by atoms with Gasteiger partial charge in [0, 0.05) is 18.1 Å². The Kier molecular flexibility index (Phi) is 5.11. The lowest BCUT2D eigenvalue weighted by atomic mass is 10.2. The molecule has 0 radical (unpaired) electrons. The standard InChI is InChI=1S/C12H16BrNO4S/c1-8-7-11(9(2)6-10(8)13)19(17,18)14(3)5-4-12(15)16/h6-7H,4-5H2,1-3H3,(H,15,16). The lowest BCUT2D eigenvalue weighted by molar-refractivity contribution is -0.137. The number of carboxylic acid groups (broad SMARTS) is 1. The molecule has 0 spiro atoms. The molecule has 0 amide bonds. The second-order valence-electron chi connectivity index (χ2n) is 4.34. The topological polar surface area (TPSA) is 74.7 Å². The highest BCUT2D eigenvalue weighted by Crippen LogP contribution is 2.26. The van der Waals surface area contributed by atoms with E-state index in [4.69, 9.17) is 5.11 Å². The van der Waals surface area contributed by atoms with Crippen LogP contribution in [0.4, 0.5) is 0 Å². The number of rotatable bonds is 5. The Morgan fingerprint density at radius 2 is 1.89 bits per heavy atom. The number of benzene rings is 1. The van der Waals surface area contributed by atoms with E-state index in [-0.39, 0.29) is 17.9 Å². The number of hydrogen-bond donors (Lipinski definition) is 1. The van der Waals surface area contributed by atoms with Crippen LogP contribution in [0.1, 0.15) is 17.5 Å². The summed E-state index contributed by atoms with van der Waals surface area (Å²) in [6, 6.07) is 3.33. The van der Waals surface area contributed by atoms with Crippen LogP contribution in [0.25, 0.3) is 0 Å².